The fourth-order valence-corrected chi connectivity index (χ4v) is 1.97. The third-order valence-corrected chi connectivity index (χ3v) is 2.88. The van der Waals surface area contributed by atoms with Crippen molar-refractivity contribution in [2.24, 2.45) is 5.92 Å². The minimum Gasteiger partial charge on any atom is -0.303 e. The zero-order valence-electron chi connectivity index (χ0n) is 7.86. The van der Waals surface area contributed by atoms with Crippen molar-refractivity contribution in [1.29, 1.82) is 0 Å². The first-order valence-corrected chi connectivity index (χ1v) is 4.81. The second kappa shape index (κ2) is 3.33. The van der Waals surface area contributed by atoms with Crippen LogP contribution < -0.4 is 0 Å². The number of aryl methyl sites for hydroxylation is 1. The monoisotopic (exact) mass is 174 g/mol. The standard InChI is InChI=1S/C12H14O/c1-9-3-2-4-11(5-9)12-6-10(7-12)8-13/h2-5,8,10,12H,6-7H2,1H3. The topological polar surface area (TPSA) is 17.1 Å². The lowest BCUT2D eigenvalue weighted by Gasteiger charge is -2.32. The summed E-state index contributed by atoms with van der Waals surface area (Å²) in [6, 6.07) is 8.60. The van der Waals surface area contributed by atoms with Crippen LogP contribution in [0, 0.1) is 12.8 Å². The van der Waals surface area contributed by atoms with Crippen LogP contribution in [0.3, 0.4) is 0 Å². The van der Waals surface area contributed by atoms with Gasteiger partial charge in [-0.3, -0.25) is 0 Å². The number of benzene rings is 1. The highest BCUT2D eigenvalue weighted by Crippen LogP contribution is 2.40. The molecule has 1 heteroatoms. The van der Waals surface area contributed by atoms with Gasteiger partial charge in [0, 0.05) is 5.92 Å². The van der Waals surface area contributed by atoms with Crippen LogP contribution in [0.5, 0.6) is 0 Å². The molecule has 0 spiro atoms. The SMILES string of the molecule is Cc1cccc(C2CC(C=O)C2)c1. The van der Waals surface area contributed by atoms with Crippen LogP contribution in [0.25, 0.3) is 0 Å². The Morgan fingerprint density at radius 3 is 2.77 bits per heavy atom. The fraction of sp³-hybridized carbons (Fsp3) is 0.417. The Kier molecular flexibility index (Phi) is 2.17. The normalized spacial score (nSPS) is 26.5. The summed E-state index contributed by atoms with van der Waals surface area (Å²) in [5.74, 6) is 0.959. The van der Waals surface area contributed by atoms with Crippen LogP contribution in [0.1, 0.15) is 29.9 Å². The average Bonchev–Trinajstić information content (AvgIpc) is 2.02. The predicted octanol–water partition coefficient (Wildman–Crippen LogP) is 2.69. The van der Waals surface area contributed by atoms with E-state index in [9.17, 15) is 4.79 Å². The van der Waals surface area contributed by atoms with Crippen molar-refractivity contribution in [3.8, 4) is 0 Å². The molecular weight excluding hydrogens is 160 g/mol. The average molecular weight is 174 g/mol. The number of rotatable bonds is 2. The first-order valence-electron chi connectivity index (χ1n) is 4.81. The predicted molar refractivity (Wildman–Crippen MR) is 52.7 cm³/mol. The van der Waals surface area contributed by atoms with Gasteiger partial charge in [-0.25, -0.2) is 0 Å². The number of aldehydes is 1. The second-order valence-corrected chi connectivity index (χ2v) is 3.98. The van der Waals surface area contributed by atoms with Crippen LogP contribution in [0.2, 0.25) is 0 Å². The zero-order valence-corrected chi connectivity index (χ0v) is 7.86. The van der Waals surface area contributed by atoms with E-state index in [0.29, 0.717) is 11.8 Å². The molecule has 0 aromatic heterocycles. The highest BCUT2D eigenvalue weighted by Gasteiger charge is 2.29. The maximum Gasteiger partial charge on any atom is 0.123 e. The van der Waals surface area contributed by atoms with Gasteiger partial charge in [-0.1, -0.05) is 29.8 Å². The Morgan fingerprint density at radius 2 is 2.15 bits per heavy atom. The van der Waals surface area contributed by atoms with Gasteiger partial charge in [-0.15, -0.1) is 0 Å². The van der Waals surface area contributed by atoms with Crippen molar-refractivity contribution in [1.82, 2.24) is 0 Å². The van der Waals surface area contributed by atoms with Gasteiger partial charge in [0.05, 0.1) is 0 Å². The van der Waals surface area contributed by atoms with E-state index >= 15 is 0 Å². The van der Waals surface area contributed by atoms with Gasteiger partial charge < -0.3 is 4.79 Å². The van der Waals surface area contributed by atoms with Gasteiger partial charge in [0.15, 0.2) is 0 Å². The molecule has 2 rings (SSSR count). The minimum absolute atomic E-state index is 0.325. The van der Waals surface area contributed by atoms with Crippen LogP contribution in [0.4, 0.5) is 0 Å². The molecule has 1 fully saturated rings. The van der Waals surface area contributed by atoms with Crippen LogP contribution in [-0.2, 0) is 4.79 Å². The molecule has 13 heavy (non-hydrogen) atoms. The molecule has 0 amide bonds. The number of carbonyl (C=O) groups excluding carboxylic acids is 1. The Balaban J connectivity index is 2.07. The molecule has 1 aliphatic carbocycles. The Bertz CT molecular complexity index is 311. The fourth-order valence-electron chi connectivity index (χ4n) is 1.97. The molecule has 0 aliphatic heterocycles. The largest absolute Gasteiger partial charge is 0.303 e. The molecule has 1 saturated carbocycles. The van der Waals surface area contributed by atoms with Crippen LogP contribution in [-0.4, -0.2) is 6.29 Å². The highest BCUT2D eigenvalue weighted by atomic mass is 16.1. The van der Waals surface area contributed by atoms with Crippen LogP contribution >= 0.6 is 0 Å². The van der Waals surface area contributed by atoms with Crippen molar-refractivity contribution < 1.29 is 4.79 Å². The van der Waals surface area contributed by atoms with E-state index in [1.54, 1.807) is 0 Å². The lowest BCUT2D eigenvalue weighted by Crippen LogP contribution is -2.22. The van der Waals surface area contributed by atoms with Gasteiger partial charge in [0.2, 0.25) is 0 Å². The molecule has 1 aromatic rings. The van der Waals surface area contributed by atoms with Gasteiger partial charge in [0.1, 0.15) is 6.29 Å². The number of hydrogen-bond donors (Lipinski definition) is 0. The summed E-state index contributed by atoms with van der Waals surface area (Å²) < 4.78 is 0. The van der Waals surface area contributed by atoms with Gasteiger partial charge in [-0.05, 0) is 31.2 Å². The van der Waals surface area contributed by atoms with Crippen molar-refractivity contribution in [2.45, 2.75) is 25.7 Å². The third-order valence-electron chi connectivity index (χ3n) is 2.88. The van der Waals surface area contributed by atoms with Crippen molar-refractivity contribution >= 4 is 6.29 Å². The van der Waals surface area contributed by atoms with E-state index in [1.807, 2.05) is 0 Å². The maximum absolute atomic E-state index is 10.4. The highest BCUT2D eigenvalue weighted by molar-refractivity contribution is 5.56. The van der Waals surface area contributed by atoms with E-state index in [0.717, 1.165) is 19.1 Å². The number of carbonyl (C=O) groups is 1. The van der Waals surface area contributed by atoms with Crippen molar-refractivity contribution in [3.63, 3.8) is 0 Å². The Labute approximate surface area is 78.8 Å². The first kappa shape index (κ1) is 8.49. The summed E-state index contributed by atoms with van der Waals surface area (Å²) in [6.07, 6.45) is 3.19. The summed E-state index contributed by atoms with van der Waals surface area (Å²) >= 11 is 0. The molecule has 68 valence electrons. The van der Waals surface area contributed by atoms with E-state index in [-0.39, 0.29) is 0 Å². The quantitative estimate of drug-likeness (QED) is 0.630. The second-order valence-electron chi connectivity index (χ2n) is 3.98. The van der Waals surface area contributed by atoms with Crippen LogP contribution in [0.15, 0.2) is 24.3 Å². The molecular formula is C12H14O. The lowest BCUT2D eigenvalue weighted by molar-refractivity contribution is -0.113. The molecule has 0 unspecified atom stereocenters. The molecule has 1 aliphatic rings. The smallest absolute Gasteiger partial charge is 0.123 e. The lowest BCUT2D eigenvalue weighted by atomic mass is 9.72. The molecule has 0 radical (unpaired) electrons. The molecule has 1 nitrogen and oxygen atoms in total. The number of hydrogen-bond acceptors (Lipinski definition) is 1. The molecule has 1 aromatic carbocycles. The third kappa shape index (κ3) is 1.64. The van der Waals surface area contributed by atoms with Gasteiger partial charge >= 0.3 is 0 Å². The van der Waals surface area contributed by atoms with Gasteiger partial charge in [-0.2, -0.15) is 0 Å². The maximum atomic E-state index is 10.4. The first-order chi connectivity index (χ1) is 6.29. The molecule has 0 heterocycles. The Hall–Kier alpha value is -1.11. The minimum atomic E-state index is 0.325. The van der Waals surface area contributed by atoms with E-state index in [1.165, 1.54) is 11.1 Å². The summed E-state index contributed by atoms with van der Waals surface area (Å²) in [7, 11) is 0. The summed E-state index contributed by atoms with van der Waals surface area (Å²) in [5.41, 5.74) is 2.71. The zero-order chi connectivity index (χ0) is 9.26. The summed E-state index contributed by atoms with van der Waals surface area (Å²) in [6.45, 7) is 2.11. The molecule has 0 saturated heterocycles. The van der Waals surface area contributed by atoms with E-state index in [4.69, 9.17) is 0 Å². The van der Waals surface area contributed by atoms with E-state index < -0.39 is 0 Å². The van der Waals surface area contributed by atoms with Crippen molar-refractivity contribution in [2.75, 3.05) is 0 Å². The summed E-state index contributed by atoms with van der Waals surface area (Å²) in [4.78, 5) is 10.4. The van der Waals surface area contributed by atoms with Crippen molar-refractivity contribution in [3.05, 3.63) is 35.4 Å². The molecule has 0 atom stereocenters. The molecule has 0 bridgehead atoms. The van der Waals surface area contributed by atoms with E-state index in [2.05, 4.69) is 31.2 Å². The summed E-state index contributed by atoms with van der Waals surface area (Å²) in [5, 5.41) is 0. The Morgan fingerprint density at radius 1 is 1.38 bits per heavy atom. The molecule has 0 N–H and O–H groups in total. The van der Waals surface area contributed by atoms with Gasteiger partial charge in [0.25, 0.3) is 0 Å².